The lowest BCUT2D eigenvalue weighted by atomic mass is 10.2. The summed E-state index contributed by atoms with van der Waals surface area (Å²) < 4.78 is 1.73. The molecular weight excluding hydrogens is 174 g/mol. The predicted molar refractivity (Wildman–Crippen MR) is 58.1 cm³/mol. The number of hydrogen-bond donors (Lipinski definition) is 0. The molecule has 0 bridgehead atoms. The highest BCUT2D eigenvalue weighted by molar-refractivity contribution is 5.86. The maximum Gasteiger partial charge on any atom is 0.218 e. The Morgan fingerprint density at radius 2 is 2.14 bits per heavy atom. The molecule has 72 valence electrons. The lowest BCUT2D eigenvalue weighted by molar-refractivity contribution is 0.547. The lowest BCUT2D eigenvalue weighted by Gasteiger charge is -1.99. The fourth-order valence-corrected chi connectivity index (χ4v) is 1.81. The zero-order valence-corrected chi connectivity index (χ0v) is 8.23. The first kappa shape index (κ1) is 9.00. The minimum atomic E-state index is 0.896. The van der Waals surface area contributed by atoms with Gasteiger partial charge in [0.1, 0.15) is 0 Å². The van der Waals surface area contributed by atoms with E-state index in [9.17, 15) is 4.79 Å². The van der Waals surface area contributed by atoms with Crippen molar-refractivity contribution in [3.05, 3.63) is 36.0 Å². The number of aryl methyl sites for hydroxylation is 1. The zero-order valence-electron chi connectivity index (χ0n) is 8.23. The molecule has 14 heavy (non-hydrogen) atoms. The molecule has 0 radical (unpaired) electrons. The van der Waals surface area contributed by atoms with Crippen LogP contribution in [0.4, 0.5) is 0 Å². The van der Waals surface area contributed by atoms with Crippen molar-refractivity contribution in [3.63, 3.8) is 0 Å². The van der Waals surface area contributed by atoms with E-state index in [1.165, 1.54) is 0 Å². The third-order valence-electron chi connectivity index (χ3n) is 2.44. The van der Waals surface area contributed by atoms with Crippen molar-refractivity contribution < 1.29 is 4.79 Å². The fraction of sp³-hybridized carbons (Fsp3) is 0.250. The summed E-state index contributed by atoms with van der Waals surface area (Å²) in [6.45, 7) is 2.12. The molecule has 1 aromatic heterocycles. The van der Waals surface area contributed by atoms with Crippen LogP contribution in [-0.4, -0.2) is 11.0 Å². The maximum atomic E-state index is 10.9. The molecule has 0 amide bonds. The first-order valence-corrected chi connectivity index (χ1v) is 4.91. The monoisotopic (exact) mass is 187 g/mol. The number of para-hydroxylation sites is 1. The van der Waals surface area contributed by atoms with Crippen LogP contribution in [0.3, 0.4) is 0 Å². The molecule has 2 heteroatoms. The summed E-state index contributed by atoms with van der Waals surface area (Å²) in [5.74, 6) is 0. The van der Waals surface area contributed by atoms with Crippen molar-refractivity contribution in [2.45, 2.75) is 19.8 Å². The van der Waals surface area contributed by atoms with Gasteiger partial charge in [0, 0.05) is 11.1 Å². The standard InChI is InChI=1S/C12H13NO/c1-2-5-11-8-10-6-3-4-7-12(10)13(11)9-14/h3-4,6-9H,2,5H2,1H3. The van der Waals surface area contributed by atoms with Gasteiger partial charge in [-0.15, -0.1) is 0 Å². The van der Waals surface area contributed by atoms with Crippen molar-refractivity contribution in [1.82, 2.24) is 4.57 Å². The number of rotatable bonds is 3. The second-order valence-electron chi connectivity index (χ2n) is 3.42. The molecule has 0 saturated heterocycles. The lowest BCUT2D eigenvalue weighted by Crippen LogP contribution is -1.99. The average molecular weight is 187 g/mol. The molecule has 1 aromatic carbocycles. The third-order valence-corrected chi connectivity index (χ3v) is 2.44. The molecule has 0 N–H and O–H groups in total. The Kier molecular flexibility index (Phi) is 2.35. The van der Waals surface area contributed by atoms with Crippen LogP contribution in [0, 0.1) is 0 Å². The largest absolute Gasteiger partial charge is 0.287 e. The van der Waals surface area contributed by atoms with E-state index in [1.807, 2.05) is 24.3 Å². The van der Waals surface area contributed by atoms with E-state index in [0.717, 1.165) is 35.8 Å². The third kappa shape index (κ3) is 1.33. The highest BCUT2D eigenvalue weighted by atomic mass is 16.1. The van der Waals surface area contributed by atoms with Gasteiger partial charge in [0.25, 0.3) is 0 Å². The molecule has 1 heterocycles. The SMILES string of the molecule is CCCc1cc2ccccc2n1C=O. The molecule has 0 unspecified atom stereocenters. The molecule has 0 aliphatic rings. The van der Waals surface area contributed by atoms with Crippen molar-refractivity contribution >= 4 is 17.3 Å². The minimum absolute atomic E-state index is 0.896. The Balaban J connectivity index is 2.65. The number of hydrogen-bond acceptors (Lipinski definition) is 1. The van der Waals surface area contributed by atoms with E-state index < -0.39 is 0 Å². The Morgan fingerprint density at radius 3 is 2.86 bits per heavy atom. The predicted octanol–water partition coefficient (Wildman–Crippen LogP) is 2.63. The van der Waals surface area contributed by atoms with Gasteiger partial charge < -0.3 is 0 Å². The van der Waals surface area contributed by atoms with Crippen LogP contribution >= 0.6 is 0 Å². The van der Waals surface area contributed by atoms with E-state index in [-0.39, 0.29) is 0 Å². The topological polar surface area (TPSA) is 22.0 Å². The Hall–Kier alpha value is -1.57. The zero-order chi connectivity index (χ0) is 9.97. The van der Waals surface area contributed by atoms with Gasteiger partial charge in [-0.1, -0.05) is 31.5 Å². The van der Waals surface area contributed by atoms with Gasteiger partial charge in [0.05, 0.1) is 5.52 Å². The van der Waals surface area contributed by atoms with Gasteiger partial charge in [0.15, 0.2) is 0 Å². The summed E-state index contributed by atoms with van der Waals surface area (Å²) in [5, 5.41) is 1.14. The summed E-state index contributed by atoms with van der Waals surface area (Å²) in [6, 6.07) is 10.1. The van der Waals surface area contributed by atoms with Crippen LogP contribution in [0.15, 0.2) is 30.3 Å². The van der Waals surface area contributed by atoms with Gasteiger partial charge in [-0.05, 0) is 18.6 Å². The van der Waals surface area contributed by atoms with Gasteiger partial charge in [-0.25, -0.2) is 0 Å². The molecule has 0 aliphatic heterocycles. The number of benzene rings is 1. The van der Waals surface area contributed by atoms with Gasteiger partial charge in [-0.3, -0.25) is 9.36 Å². The number of aromatic nitrogens is 1. The highest BCUT2D eigenvalue weighted by Gasteiger charge is 2.05. The number of fused-ring (bicyclic) bond motifs is 1. The molecule has 0 spiro atoms. The van der Waals surface area contributed by atoms with Crippen LogP contribution in [0.1, 0.15) is 19.0 Å². The molecule has 0 aliphatic carbocycles. The van der Waals surface area contributed by atoms with E-state index in [4.69, 9.17) is 0 Å². The summed E-state index contributed by atoms with van der Waals surface area (Å²) in [4.78, 5) is 10.9. The van der Waals surface area contributed by atoms with Crippen LogP contribution < -0.4 is 0 Å². The number of carbonyl (C=O) groups is 1. The molecule has 0 fully saturated rings. The average Bonchev–Trinajstić information content (AvgIpc) is 2.55. The second kappa shape index (κ2) is 3.66. The molecule has 0 atom stereocenters. The van der Waals surface area contributed by atoms with Crippen LogP contribution in [0.5, 0.6) is 0 Å². The summed E-state index contributed by atoms with van der Waals surface area (Å²) in [6.07, 6.45) is 2.91. The van der Waals surface area contributed by atoms with Gasteiger partial charge >= 0.3 is 0 Å². The smallest absolute Gasteiger partial charge is 0.218 e. The Labute approximate surface area is 83.2 Å². The Bertz CT molecular complexity index is 456. The molecule has 2 rings (SSSR count). The number of carbonyl (C=O) groups excluding carboxylic acids is 1. The quantitative estimate of drug-likeness (QED) is 0.677. The van der Waals surface area contributed by atoms with E-state index >= 15 is 0 Å². The van der Waals surface area contributed by atoms with Crippen molar-refractivity contribution in [2.75, 3.05) is 0 Å². The molecule has 2 aromatic rings. The van der Waals surface area contributed by atoms with Crippen molar-refractivity contribution in [1.29, 1.82) is 0 Å². The van der Waals surface area contributed by atoms with Crippen molar-refractivity contribution in [2.24, 2.45) is 0 Å². The normalized spacial score (nSPS) is 10.6. The van der Waals surface area contributed by atoms with Crippen molar-refractivity contribution in [3.8, 4) is 0 Å². The first-order valence-electron chi connectivity index (χ1n) is 4.91. The fourth-order valence-electron chi connectivity index (χ4n) is 1.81. The van der Waals surface area contributed by atoms with E-state index in [2.05, 4.69) is 13.0 Å². The summed E-state index contributed by atoms with van der Waals surface area (Å²) >= 11 is 0. The summed E-state index contributed by atoms with van der Waals surface area (Å²) in [7, 11) is 0. The van der Waals surface area contributed by atoms with E-state index in [1.54, 1.807) is 4.57 Å². The Morgan fingerprint density at radius 1 is 1.36 bits per heavy atom. The molecular formula is C12H13NO. The minimum Gasteiger partial charge on any atom is -0.287 e. The van der Waals surface area contributed by atoms with Crippen LogP contribution in [0.25, 0.3) is 10.9 Å². The highest BCUT2D eigenvalue weighted by Crippen LogP contribution is 2.19. The van der Waals surface area contributed by atoms with Gasteiger partial charge in [0.2, 0.25) is 6.41 Å². The summed E-state index contributed by atoms with van der Waals surface area (Å²) in [5.41, 5.74) is 2.11. The first-order chi connectivity index (χ1) is 6.86. The van der Waals surface area contributed by atoms with Gasteiger partial charge in [-0.2, -0.15) is 0 Å². The van der Waals surface area contributed by atoms with Crippen LogP contribution in [0.2, 0.25) is 0 Å². The van der Waals surface area contributed by atoms with Crippen LogP contribution in [-0.2, 0) is 11.2 Å². The van der Waals surface area contributed by atoms with E-state index in [0.29, 0.717) is 0 Å². The number of nitrogens with zero attached hydrogens (tertiary/aromatic N) is 1. The second-order valence-corrected chi connectivity index (χ2v) is 3.42. The molecule has 0 saturated carbocycles. The maximum absolute atomic E-state index is 10.9. The molecule has 2 nitrogen and oxygen atoms in total.